The zero-order valence-electron chi connectivity index (χ0n) is 12.5. The monoisotopic (exact) mass is 293 g/mol. The minimum Gasteiger partial charge on any atom is -0.487 e. The van der Waals surface area contributed by atoms with Crippen molar-refractivity contribution in [2.24, 2.45) is 0 Å². The van der Waals surface area contributed by atoms with Gasteiger partial charge in [-0.05, 0) is 32.9 Å². The largest absolute Gasteiger partial charge is 0.487 e. The van der Waals surface area contributed by atoms with Gasteiger partial charge in [-0.15, -0.1) is 0 Å². The highest BCUT2D eigenvalue weighted by atomic mass is 19.1. The number of halogens is 1. The van der Waals surface area contributed by atoms with Gasteiger partial charge in [0.2, 0.25) is 0 Å². The second kappa shape index (κ2) is 7.17. The van der Waals surface area contributed by atoms with Gasteiger partial charge in [0, 0.05) is 17.7 Å². The third-order valence-electron chi connectivity index (χ3n) is 3.26. The number of aromatic nitrogens is 2. The van der Waals surface area contributed by atoms with Crippen molar-refractivity contribution in [2.75, 3.05) is 6.54 Å². The summed E-state index contributed by atoms with van der Waals surface area (Å²) in [5.74, 6) is 0.181. The van der Waals surface area contributed by atoms with Crippen molar-refractivity contribution in [1.82, 2.24) is 15.6 Å². The Morgan fingerprint density at radius 3 is 2.81 bits per heavy atom. The summed E-state index contributed by atoms with van der Waals surface area (Å²) in [6.07, 6.45) is 1.01. The number of nitrogens with one attached hydrogen (secondary N) is 1. The fourth-order valence-electron chi connectivity index (χ4n) is 1.95. The predicted octanol–water partition coefficient (Wildman–Crippen LogP) is 3.16. The minimum atomic E-state index is -0.279. The van der Waals surface area contributed by atoms with E-state index in [2.05, 4.69) is 27.2 Å². The van der Waals surface area contributed by atoms with Gasteiger partial charge in [0.05, 0.1) is 0 Å². The van der Waals surface area contributed by atoms with Gasteiger partial charge in [0.15, 0.2) is 0 Å². The van der Waals surface area contributed by atoms with Crippen molar-refractivity contribution in [3.05, 3.63) is 41.0 Å². The molecule has 6 heteroatoms. The summed E-state index contributed by atoms with van der Waals surface area (Å²) in [4.78, 5) is 0. The number of ether oxygens (including phenoxy) is 1. The average molecular weight is 293 g/mol. The first-order chi connectivity index (χ1) is 10.1. The number of nitrogens with zero attached hydrogens (tertiary/aromatic N) is 2. The molecule has 0 aliphatic heterocycles. The Balaban J connectivity index is 2.00. The van der Waals surface area contributed by atoms with Crippen LogP contribution in [0.25, 0.3) is 0 Å². The Hall–Kier alpha value is -1.95. The van der Waals surface area contributed by atoms with Gasteiger partial charge in [-0.25, -0.2) is 9.02 Å². The molecule has 1 unspecified atom stereocenters. The van der Waals surface area contributed by atoms with Gasteiger partial charge in [-0.1, -0.05) is 23.3 Å². The van der Waals surface area contributed by atoms with Gasteiger partial charge in [-0.3, -0.25) is 0 Å². The normalized spacial score (nSPS) is 12.4. The molecule has 1 N–H and O–H groups in total. The highest BCUT2D eigenvalue weighted by Crippen LogP contribution is 2.22. The minimum absolute atomic E-state index is 0.0269. The summed E-state index contributed by atoms with van der Waals surface area (Å²) in [5.41, 5.74) is 1.91. The Labute approximate surface area is 123 Å². The molecule has 2 aromatic rings. The van der Waals surface area contributed by atoms with E-state index in [0.717, 1.165) is 13.0 Å². The van der Waals surface area contributed by atoms with E-state index in [1.807, 2.05) is 6.92 Å². The lowest BCUT2D eigenvalue weighted by Crippen LogP contribution is -2.20. The van der Waals surface area contributed by atoms with Crippen molar-refractivity contribution in [3.8, 4) is 5.75 Å². The zero-order chi connectivity index (χ0) is 15.2. The van der Waals surface area contributed by atoms with Crippen molar-refractivity contribution in [1.29, 1.82) is 0 Å². The smallest absolute Gasteiger partial charge is 0.145 e. The maximum atomic E-state index is 14.1. The Morgan fingerprint density at radius 2 is 2.19 bits per heavy atom. The Bertz CT molecular complexity index is 586. The summed E-state index contributed by atoms with van der Waals surface area (Å²) < 4.78 is 24.2. The standard InChI is InChI=1S/C15H20FN3O2/c1-4-7-17-10(2)13-6-5-12(8-14(13)16)20-9-15-11(3)18-21-19-15/h5-6,8,10,17H,4,7,9H2,1-3H3. The van der Waals surface area contributed by atoms with E-state index in [0.29, 0.717) is 22.7 Å². The van der Waals surface area contributed by atoms with Crippen molar-refractivity contribution in [2.45, 2.75) is 39.8 Å². The first kappa shape index (κ1) is 15.4. The first-order valence-electron chi connectivity index (χ1n) is 7.05. The van der Waals surface area contributed by atoms with Gasteiger partial charge in [-0.2, -0.15) is 0 Å². The topological polar surface area (TPSA) is 60.2 Å². The number of rotatable bonds is 7. The van der Waals surface area contributed by atoms with Crippen LogP contribution in [0.2, 0.25) is 0 Å². The molecule has 0 radical (unpaired) electrons. The zero-order valence-corrected chi connectivity index (χ0v) is 12.5. The molecule has 0 bridgehead atoms. The lowest BCUT2D eigenvalue weighted by Gasteiger charge is -2.15. The Kier molecular flexibility index (Phi) is 5.27. The van der Waals surface area contributed by atoms with E-state index < -0.39 is 0 Å². The van der Waals surface area contributed by atoms with Crippen LogP contribution in [-0.2, 0) is 6.61 Å². The molecular weight excluding hydrogens is 273 g/mol. The quantitative estimate of drug-likeness (QED) is 0.849. The molecule has 1 aromatic heterocycles. The van der Waals surface area contributed by atoms with E-state index in [1.54, 1.807) is 19.1 Å². The molecule has 2 rings (SSSR count). The number of benzene rings is 1. The highest BCUT2D eigenvalue weighted by molar-refractivity contribution is 5.30. The first-order valence-corrected chi connectivity index (χ1v) is 7.05. The molecule has 0 aliphatic carbocycles. The van der Waals surface area contributed by atoms with Crippen LogP contribution in [0.3, 0.4) is 0 Å². The predicted molar refractivity (Wildman–Crippen MR) is 76.5 cm³/mol. The molecule has 1 aromatic carbocycles. The molecule has 0 saturated carbocycles. The number of hydrogen-bond donors (Lipinski definition) is 1. The SMILES string of the molecule is CCCNC(C)c1ccc(OCc2nonc2C)cc1F. The lowest BCUT2D eigenvalue weighted by molar-refractivity contribution is 0.269. The van der Waals surface area contributed by atoms with Crippen LogP contribution in [0.4, 0.5) is 4.39 Å². The molecule has 21 heavy (non-hydrogen) atoms. The van der Waals surface area contributed by atoms with Crippen molar-refractivity contribution in [3.63, 3.8) is 0 Å². The third-order valence-corrected chi connectivity index (χ3v) is 3.26. The highest BCUT2D eigenvalue weighted by Gasteiger charge is 2.12. The van der Waals surface area contributed by atoms with Gasteiger partial charge < -0.3 is 10.1 Å². The fraction of sp³-hybridized carbons (Fsp3) is 0.467. The van der Waals surface area contributed by atoms with E-state index in [-0.39, 0.29) is 18.5 Å². The molecule has 5 nitrogen and oxygen atoms in total. The van der Waals surface area contributed by atoms with E-state index in [1.165, 1.54) is 6.07 Å². The van der Waals surface area contributed by atoms with Crippen LogP contribution in [0, 0.1) is 12.7 Å². The van der Waals surface area contributed by atoms with Crippen LogP contribution in [0.5, 0.6) is 5.75 Å². The maximum absolute atomic E-state index is 14.1. The maximum Gasteiger partial charge on any atom is 0.145 e. The van der Waals surface area contributed by atoms with E-state index in [4.69, 9.17) is 4.74 Å². The number of aryl methyl sites for hydroxylation is 1. The fourth-order valence-corrected chi connectivity index (χ4v) is 1.95. The van der Waals surface area contributed by atoms with Crippen molar-refractivity contribution < 1.29 is 13.8 Å². The van der Waals surface area contributed by atoms with Gasteiger partial charge >= 0.3 is 0 Å². The molecule has 0 amide bonds. The molecule has 0 aliphatic rings. The summed E-state index contributed by atoms with van der Waals surface area (Å²) in [5, 5.41) is 10.6. The summed E-state index contributed by atoms with van der Waals surface area (Å²) in [7, 11) is 0. The average Bonchev–Trinajstić information content (AvgIpc) is 2.88. The van der Waals surface area contributed by atoms with E-state index in [9.17, 15) is 4.39 Å². The molecule has 1 heterocycles. The second-order valence-corrected chi connectivity index (χ2v) is 4.94. The number of hydrogen-bond acceptors (Lipinski definition) is 5. The van der Waals surface area contributed by atoms with Gasteiger partial charge in [0.25, 0.3) is 0 Å². The summed E-state index contributed by atoms with van der Waals surface area (Å²) in [6.45, 7) is 6.86. The molecular formula is C15H20FN3O2. The molecule has 1 atom stereocenters. The second-order valence-electron chi connectivity index (χ2n) is 4.94. The molecule has 0 fully saturated rings. The van der Waals surface area contributed by atoms with Crippen LogP contribution in [-0.4, -0.2) is 16.9 Å². The summed E-state index contributed by atoms with van der Waals surface area (Å²) in [6, 6.07) is 4.86. The third kappa shape index (κ3) is 4.01. The van der Waals surface area contributed by atoms with Crippen LogP contribution >= 0.6 is 0 Å². The molecule has 0 saturated heterocycles. The molecule has 0 spiro atoms. The van der Waals surface area contributed by atoms with Crippen molar-refractivity contribution >= 4 is 0 Å². The van der Waals surface area contributed by atoms with E-state index >= 15 is 0 Å². The van der Waals surface area contributed by atoms with Crippen LogP contribution in [0.1, 0.15) is 43.3 Å². The summed E-state index contributed by atoms with van der Waals surface area (Å²) >= 11 is 0. The lowest BCUT2D eigenvalue weighted by atomic mass is 10.1. The van der Waals surface area contributed by atoms with Crippen LogP contribution < -0.4 is 10.1 Å². The Morgan fingerprint density at radius 1 is 1.38 bits per heavy atom. The van der Waals surface area contributed by atoms with Crippen LogP contribution in [0.15, 0.2) is 22.8 Å². The molecule has 114 valence electrons. The van der Waals surface area contributed by atoms with Gasteiger partial charge in [0.1, 0.15) is 29.6 Å².